The fraction of sp³-hybridized carbons (Fsp3) is 0.444. The molecule has 21 heavy (non-hydrogen) atoms. The Hall–Kier alpha value is -1.74. The van der Waals surface area contributed by atoms with Gasteiger partial charge in [-0.25, -0.2) is 0 Å². The number of hydrogen-bond donors (Lipinski definition) is 1. The van der Waals surface area contributed by atoms with Crippen LogP contribution in [0.25, 0.3) is 0 Å². The topological polar surface area (TPSA) is 34.4 Å². The normalized spacial score (nSPS) is 10.8. The van der Waals surface area contributed by atoms with E-state index >= 15 is 0 Å². The number of rotatable bonds is 8. The third kappa shape index (κ3) is 4.64. The molecule has 3 heteroatoms. The van der Waals surface area contributed by atoms with Crippen molar-refractivity contribution in [2.75, 3.05) is 7.05 Å². The zero-order chi connectivity index (χ0) is 15.1. The van der Waals surface area contributed by atoms with Gasteiger partial charge in [-0.2, -0.15) is 0 Å². The van der Waals surface area contributed by atoms with E-state index in [0.717, 1.165) is 30.2 Å². The molecule has 0 fully saturated rings. The highest BCUT2D eigenvalue weighted by molar-refractivity contribution is 5.28. The molecule has 114 valence electrons. The second-order valence-electron chi connectivity index (χ2n) is 5.36. The van der Waals surface area contributed by atoms with Crippen LogP contribution >= 0.6 is 0 Å². The van der Waals surface area contributed by atoms with Crippen molar-refractivity contribution in [3.63, 3.8) is 0 Å². The van der Waals surface area contributed by atoms with Crippen LogP contribution in [0.4, 0.5) is 0 Å². The van der Waals surface area contributed by atoms with Crippen molar-refractivity contribution in [3.05, 3.63) is 53.0 Å². The van der Waals surface area contributed by atoms with Gasteiger partial charge in [-0.1, -0.05) is 25.5 Å². The van der Waals surface area contributed by atoms with Crippen molar-refractivity contribution in [1.29, 1.82) is 0 Å². The molecule has 0 radical (unpaired) electrons. The number of unbranched alkanes of at least 4 members (excludes halogenated alkanes) is 1. The molecular formula is C18H25NO2. The van der Waals surface area contributed by atoms with Gasteiger partial charge in [0.05, 0.1) is 0 Å². The Kier molecular flexibility index (Phi) is 5.88. The molecule has 0 bridgehead atoms. The van der Waals surface area contributed by atoms with Crippen LogP contribution in [0, 0.1) is 6.92 Å². The van der Waals surface area contributed by atoms with Crippen LogP contribution < -0.4 is 10.1 Å². The van der Waals surface area contributed by atoms with Gasteiger partial charge in [0.1, 0.15) is 23.9 Å². The Bertz CT molecular complexity index is 543. The molecule has 1 aromatic carbocycles. The zero-order valence-electron chi connectivity index (χ0n) is 13.2. The first-order valence-corrected chi connectivity index (χ1v) is 7.67. The van der Waals surface area contributed by atoms with E-state index in [-0.39, 0.29) is 0 Å². The van der Waals surface area contributed by atoms with Crippen molar-refractivity contribution in [1.82, 2.24) is 5.32 Å². The lowest BCUT2D eigenvalue weighted by Gasteiger charge is -2.05. The monoisotopic (exact) mass is 287 g/mol. The molecule has 0 unspecified atom stereocenters. The molecule has 0 aliphatic rings. The van der Waals surface area contributed by atoms with Gasteiger partial charge < -0.3 is 14.5 Å². The Labute approximate surface area is 127 Å². The van der Waals surface area contributed by atoms with Crippen molar-refractivity contribution >= 4 is 0 Å². The maximum atomic E-state index is 5.78. The number of benzene rings is 1. The van der Waals surface area contributed by atoms with Crippen molar-refractivity contribution in [2.24, 2.45) is 0 Å². The van der Waals surface area contributed by atoms with Crippen LogP contribution in [0.2, 0.25) is 0 Å². The lowest BCUT2D eigenvalue weighted by Crippen LogP contribution is -2.04. The number of nitrogens with one attached hydrogen (secondary N) is 1. The van der Waals surface area contributed by atoms with E-state index in [1.807, 2.05) is 26.1 Å². The fourth-order valence-corrected chi connectivity index (χ4v) is 2.31. The summed E-state index contributed by atoms with van der Waals surface area (Å²) in [7, 11) is 1.93. The summed E-state index contributed by atoms with van der Waals surface area (Å²) < 4.78 is 11.5. The average molecular weight is 287 g/mol. The minimum atomic E-state index is 0.471. The van der Waals surface area contributed by atoms with Crippen molar-refractivity contribution in [2.45, 2.75) is 46.3 Å². The largest absolute Gasteiger partial charge is 0.486 e. The summed E-state index contributed by atoms with van der Waals surface area (Å²) in [6.45, 7) is 5.49. The third-order valence-corrected chi connectivity index (χ3v) is 3.56. The van der Waals surface area contributed by atoms with E-state index in [1.54, 1.807) is 0 Å². The summed E-state index contributed by atoms with van der Waals surface area (Å²) in [5, 5.41) is 3.13. The first kappa shape index (κ1) is 15.6. The Balaban J connectivity index is 1.89. The molecule has 2 rings (SSSR count). The lowest BCUT2D eigenvalue weighted by atomic mass is 10.1. The molecule has 0 saturated carbocycles. The lowest BCUT2D eigenvalue weighted by molar-refractivity contribution is 0.267. The van der Waals surface area contributed by atoms with Crippen molar-refractivity contribution < 1.29 is 9.15 Å². The first-order valence-electron chi connectivity index (χ1n) is 7.67. The molecule has 3 nitrogen and oxygen atoms in total. The van der Waals surface area contributed by atoms with Crippen LogP contribution in [-0.4, -0.2) is 7.05 Å². The molecular weight excluding hydrogens is 262 g/mol. The molecule has 1 aromatic heterocycles. The number of furan rings is 1. The van der Waals surface area contributed by atoms with E-state index < -0.39 is 0 Å². The summed E-state index contributed by atoms with van der Waals surface area (Å²) in [6, 6.07) is 10.4. The second kappa shape index (κ2) is 7.89. The van der Waals surface area contributed by atoms with Gasteiger partial charge >= 0.3 is 0 Å². The second-order valence-corrected chi connectivity index (χ2v) is 5.36. The highest BCUT2D eigenvalue weighted by Gasteiger charge is 2.07. The average Bonchev–Trinajstić information content (AvgIpc) is 2.85. The molecule has 0 saturated heterocycles. The smallest absolute Gasteiger partial charge is 0.146 e. The SMILES string of the molecule is CCCCc1ccc(OCc2cc(CNC)c(C)o2)cc1. The molecule has 0 amide bonds. The van der Waals surface area contributed by atoms with Gasteiger partial charge in [-0.3, -0.25) is 0 Å². The quantitative estimate of drug-likeness (QED) is 0.789. The molecule has 0 spiro atoms. The third-order valence-electron chi connectivity index (χ3n) is 3.56. The van der Waals surface area contributed by atoms with Crippen LogP contribution in [0.15, 0.2) is 34.7 Å². The predicted octanol–water partition coefficient (Wildman–Crippen LogP) is 4.23. The van der Waals surface area contributed by atoms with E-state index in [2.05, 4.69) is 30.4 Å². The maximum Gasteiger partial charge on any atom is 0.146 e. The van der Waals surface area contributed by atoms with E-state index in [1.165, 1.54) is 24.0 Å². The summed E-state index contributed by atoms with van der Waals surface area (Å²) in [6.07, 6.45) is 3.60. The first-order chi connectivity index (χ1) is 10.2. The van der Waals surface area contributed by atoms with Gasteiger partial charge in [0.25, 0.3) is 0 Å². The summed E-state index contributed by atoms with van der Waals surface area (Å²) >= 11 is 0. The van der Waals surface area contributed by atoms with Gasteiger partial charge in [0.15, 0.2) is 0 Å². The van der Waals surface area contributed by atoms with E-state index in [0.29, 0.717) is 6.61 Å². The Morgan fingerprint density at radius 1 is 1.19 bits per heavy atom. The van der Waals surface area contributed by atoms with Crippen LogP contribution in [-0.2, 0) is 19.6 Å². The van der Waals surface area contributed by atoms with Gasteiger partial charge in [0.2, 0.25) is 0 Å². The molecule has 0 aliphatic carbocycles. The molecule has 0 atom stereocenters. The number of ether oxygens (including phenoxy) is 1. The van der Waals surface area contributed by atoms with E-state index in [9.17, 15) is 0 Å². The minimum Gasteiger partial charge on any atom is -0.486 e. The van der Waals surface area contributed by atoms with E-state index in [4.69, 9.17) is 9.15 Å². The van der Waals surface area contributed by atoms with Crippen LogP contribution in [0.5, 0.6) is 5.75 Å². The molecule has 1 N–H and O–H groups in total. The zero-order valence-corrected chi connectivity index (χ0v) is 13.2. The highest BCUT2D eigenvalue weighted by atomic mass is 16.5. The maximum absolute atomic E-state index is 5.78. The number of aryl methyl sites for hydroxylation is 2. The van der Waals surface area contributed by atoms with Gasteiger partial charge in [0, 0.05) is 12.1 Å². The standard InChI is InChI=1S/C18H25NO2/c1-4-5-6-15-7-9-17(10-8-15)20-13-18-11-16(12-19-3)14(2)21-18/h7-11,19H,4-6,12-13H2,1-3H3. The fourth-order valence-electron chi connectivity index (χ4n) is 2.31. The summed E-state index contributed by atoms with van der Waals surface area (Å²) in [5.41, 5.74) is 2.56. The van der Waals surface area contributed by atoms with Crippen LogP contribution in [0.3, 0.4) is 0 Å². The Morgan fingerprint density at radius 2 is 1.95 bits per heavy atom. The highest BCUT2D eigenvalue weighted by Crippen LogP contribution is 2.18. The van der Waals surface area contributed by atoms with Gasteiger partial charge in [-0.15, -0.1) is 0 Å². The predicted molar refractivity (Wildman–Crippen MR) is 85.6 cm³/mol. The molecule has 1 heterocycles. The van der Waals surface area contributed by atoms with Gasteiger partial charge in [-0.05, 0) is 50.6 Å². The Morgan fingerprint density at radius 3 is 2.62 bits per heavy atom. The number of hydrogen-bond acceptors (Lipinski definition) is 3. The molecule has 2 aromatic rings. The summed E-state index contributed by atoms with van der Waals surface area (Å²) in [5.74, 6) is 2.71. The minimum absolute atomic E-state index is 0.471. The summed E-state index contributed by atoms with van der Waals surface area (Å²) in [4.78, 5) is 0. The van der Waals surface area contributed by atoms with Crippen LogP contribution in [0.1, 0.15) is 42.4 Å². The molecule has 0 aliphatic heterocycles. The van der Waals surface area contributed by atoms with Crippen molar-refractivity contribution in [3.8, 4) is 5.75 Å².